The predicted molar refractivity (Wildman–Crippen MR) is 102 cm³/mol. The smallest absolute Gasteiger partial charge is 0.254 e. The molecule has 2 aromatic heterocycles. The molecule has 0 fully saturated rings. The Morgan fingerprint density at radius 2 is 2.24 bits per heavy atom. The summed E-state index contributed by atoms with van der Waals surface area (Å²) in [6, 6.07) is 3.92. The average Bonchev–Trinajstić information content (AvgIpc) is 3.22. The highest BCUT2D eigenvalue weighted by molar-refractivity contribution is 7.17. The number of carbonyl (C=O) groups excluding carboxylic acids is 2. The molecule has 0 aliphatic rings. The molecule has 0 radical (unpaired) electrons. The first-order valence-electron chi connectivity index (χ1n) is 7.82. The maximum atomic E-state index is 12.1. The topological polar surface area (TPSA) is 80.3 Å². The minimum Gasteiger partial charge on any atom is -0.368 e. The third kappa shape index (κ3) is 6.08. The van der Waals surface area contributed by atoms with Crippen LogP contribution in [-0.2, 0) is 20.9 Å². The van der Waals surface area contributed by atoms with Crippen LogP contribution in [0, 0.1) is 0 Å². The Morgan fingerprint density at radius 1 is 1.44 bits per heavy atom. The summed E-state index contributed by atoms with van der Waals surface area (Å²) < 4.78 is 5.42. The first-order valence-corrected chi connectivity index (χ1v) is 9.51. The molecule has 2 amide bonds. The van der Waals surface area contributed by atoms with E-state index in [9.17, 15) is 9.59 Å². The highest BCUT2D eigenvalue weighted by Gasteiger charge is 2.15. The number of carbonyl (C=O) groups is 2. The van der Waals surface area contributed by atoms with Crippen molar-refractivity contribution in [1.29, 1.82) is 0 Å². The predicted octanol–water partition coefficient (Wildman–Crippen LogP) is 3.43. The summed E-state index contributed by atoms with van der Waals surface area (Å²) in [5.74, 6) is -0.277. The molecular weight excluding hydrogens is 358 g/mol. The number of ether oxygens (including phenoxy) is 1. The minimum atomic E-state index is -0.543. The zero-order chi connectivity index (χ0) is 18.2. The molecule has 2 N–H and O–H groups in total. The molecule has 0 aliphatic heterocycles. The molecule has 0 bridgehead atoms. The molecule has 25 heavy (non-hydrogen) atoms. The number of nitrogens with zero attached hydrogens (tertiary/aromatic N) is 1. The monoisotopic (exact) mass is 379 g/mol. The van der Waals surface area contributed by atoms with E-state index in [0.29, 0.717) is 24.7 Å². The zero-order valence-corrected chi connectivity index (χ0v) is 15.8. The summed E-state index contributed by atoms with van der Waals surface area (Å²) in [7, 11) is 0. The molecular formula is C17H21N3O3S2. The van der Waals surface area contributed by atoms with Crippen molar-refractivity contribution in [3.63, 3.8) is 0 Å². The fourth-order valence-electron chi connectivity index (χ4n) is 1.88. The van der Waals surface area contributed by atoms with Gasteiger partial charge in [0.1, 0.15) is 6.10 Å². The van der Waals surface area contributed by atoms with Gasteiger partial charge in [-0.3, -0.25) is 14.9 Å². The average molecular weight is 380 g/mol. The van der Waals surface area contributed by atoms with Crippen LogP contribution in [0.3, 0.4) is 0 Å². The first kappa shape index (κ1) is 19.3. The van der Waals surface area contributed by atoms with E-state index in [1.165, 1.54) is 18.3 Å². The van der Waals surface area contributed by atoms with Crippen molar-refractivity contribution in [1.82, 2.24) is 10.3 Å². The molecule has 2 rings (SSSR count). The molecule has 2 heterocycles. The van der Waals surface area contributed by atoms with E-state index in [1.807, 2.05) is 17.5 Å². The molecule has 0 saturated heterocycles. The summed E-state index contributed by atoms with van der Waals surface area (Å²) in [5.41, 5.74) is 0.805. The van der Waals surface area contributed by atoms with E-state index in [4.69, 9.17) is 4.74 Å². The largest absolute Gasteiger partial charge is 0.368 e. The number of amides is 2. The SMILES string of the molecule is C=CCCOC(C)C(=O)Nc1nc(-c2ccc(CNC(C)=O)s2)cs1. The first-order chi connectivity index (χ1) is 12.0. The molecule has 6 nitrogen and oxygen atoms in total. The molecule has 134 valence electrons. The van der Waals surface area contributed by atoms with Gasteiger partial charge < -0.3 is 10.1 Å². The van der Waals surface area contributed by atoms with E-state index in [-0.39, 0.29) is 11.8 Å². The Labute approximate surface area is 154 Å². The van der Waals surface area contributed by atoms with Gasteiger partial charge in [-0.15, -0.1) is 29.3 Å². The molecule has 1 unspecified atom stereocenters. The van der Waals surface area contributed by atoms with Crippen molar-refractivity contribution < 1.29 is 14.3 Å². The van der Waals surface area contributed by atoms with Crippen LogP contribution < -0.4 is 10.6 Å². The maximum Gasteiger partial charge on any atom is 0.254 e. The zero-order valence-electron chi connectivity index (χ0n) is 14.2. The van der Waals surface area contributed by atoms with Crippen LogP contribution in [0.15, 0.2) is 30.2 Å². The van der Waals surface area contributed by atoms with Gasteiger partial charge in [-0.1, -0.05) is 6.08 Å². The van der Waals surface area contributed by atoms with E-state index in [1.54, 1.807) is 24.3 Å². The van der Waals surface area contributed by atoms with Crippen molar-refractivity contribution >= 4 is 39.6 Å². The van der Waals surface area contributed by atoms with Gasteiger partial charge >= 0.3 is 0 Å². The van der Waals surface area contributed by atoms with Gasteiger partial charge in [0.25, 0.3) is 5.91 Å². The third-order valence-corrected chi connectivity index (χ3v) is 5.08. The Bertz CT molecular complexity index is 739. The molecule has 0 spiro atoms. The van der Waals surface area contributed by atoms with Crippen molar-refractivity contribution in [3.8, 4) is 10.6 Å². The van der Waals surface area contributed by atoms with Crippen LogP contribution in [0.4, 0.5) is 5.13 Å². The fraction of sp³-hybridized carbons (Fsp3) is 0.353. The van der Waals surface area contributed by atoms with Gasteiger partial charge in [0.15, 0.2) is 5.13 Å². The molecule has 0 saturated carbocycles. The van der Waals surface area contributed by atoms with Crippen LogP contribution in [0.2, 0.25) is 0 Å². The van der Waals surface area contributed by atoms with Crippen LogP contribution in [0.5, 0.6) is 0 Å². The number of anilines is 1. The summed E-state index contributed by atoms with van der Waals surface area (Å²) in [6.45, 7) is 7.79. The van der Waals surface area contributed by atoms with Gasteiger partial charge in [0, 0.05) is 17.2 Å². The lowest BCUT2D eigenvalue weighted by Crippen LogP contribution is -2.27. The number of rotatable bonds is 9. The summed E-state index contributed by atoms with van der Waals surface area (Å²) in [5, 5.41) is 7.97. The van der Waals surface area contributed by atoms with Crippen LogP contribution in [-0.4, -0.2) is 29.5 Å². The number of thiazole rings is 1. The fourth-order valence-corrected chi connectivity index (χ4v) is 3.57. The summed E-state index contributed by atoms with van der Waals surface area (Å²) in [4.78, 5) is 29.5. The second-order valence-electron chi connectivity index (χ2n) is 5.29. The van der Waals surface area contributed by atoms with Crippen molar-refractivity contribution in [2.45, 2.75) is 32.9 Å². The van der Waals surface area contributed by atoms with Gasteiger partial charge in [-0.25, -0.2) is 4.98 Å². The highest BCUT2D eigenvalue weighted by atomic mass is 32.1. The van der Waals surface area contributed by atoms with E-state index in [2.05, 4.69) is 22.2 Å². The second-order valence-corrected chi connectivity index (χ2v) is 7.32. The normalized spacial score (nSPS) is 11.8. The number of nitrogens with one attached hydrogen (secondary N) is 2. The Kier molecular flexibility index (Phi) is 7.30. The van der Waals surface area contributed by atoms with Crippen molar-refractivity contribution in [2.24, 2.45) is 0 Å². The van der Waals surface area contributed by atoms with Gasteiger partial charge in [0.05, 0.1) is 23.7 Å². The second kappa shape index (κ2) is 9.45. The van der Waals surface area contributed by atoms with E-state index in [0.717, 1.165) is 15.4 Å². The quantitative estimate of drug-likeness (QED) is 0.517. The number of thiophene rings is 1. The molecule has 0 aromatic carbocycles. The number of aromatic nitrogens is 1. The summed E-state index contributed by atoms with van der Waals surface area (Å²) >= 11 is 2.93. The van der Waals surface area contributed by atoms with Gasteiger partial charge in [-0.2, -0.15) is 0 Å². The number of hydrogen-bond donors (Lipinski definition) is 2. The molecule has 2 aromatic rings. The lowest BCUT2D eigenvalue weighted by atomic mass is 10.3. The standard InChI is InChI=1S/C17H21N3O3S2/c1-4-5-8-23-11(2)16(22)20-17-19-14(10-24-17)15-7-6-13(25-15)9-18-12(3)21/h4,6-7,10-11H,1,5,8-9H2,2-3H3,(H,18,21)(H,19,20,22). The summed E-state index contributed by atoms with van der Waals surface area (Å²) in [6.07, 6.45) is 1.91. The highest BCUT2D eigenvalue weighted by Crippen LogP contribution is 2.30. The molecule has 8 heteroatoms. The Hall–Kier alpha value is -2.03. The van der Waals surface area contributed by atoms with Crippen molar-refractivity contribution in [3.05, 3.63) is 35.0 Å². The maximum absolute atomic E-state index is 12.1. The van der Waals surface area contributed by atoms with Crippen LogP contribution in [0.1, 0.15) is 25.1 Å². The Morgan fingerprint density at radius 3 is 2.96 bits per heavy atom. The van der Waals surface area contributed by atoms with Gasteiger partial charge in [-0.05, 0) is 25.5 Å². The lowest BCUT2D eigenvalue weighted by molar-refractivity contribution is -0.126. The van der Waals surface area contributed by atoms with Crippen LogP contribution >= 0.6 is 22.7 Å². The van der Waals surface area contributed by atoms with Crippen molar-refractivity contribution in [2.75, 3.05) is 11.9 Å². The van der Waals surface area contributed by atoms with Crippen LogP contribution in [0.25, 0.3) is 10.6 Å². The number of hydrogen-bond acceptors (Lipinski definition) is 6. The van der Waals surface area contributed by atoms with Gasteiger partial charge in [0.2, 0.25) is 5.91 Å². The minimum absolute atomic E-state index is 0.0574. The van der Waals surface area contributed by atoms with E-state index >= 15 is 0 Å². The lowest BCUT2D eigenvalue weighted by Gasteiger charge is -2.11. The molecule has 0 aliphatic carbocycles. The van der Waals surface area contributed by atoms with E-state index < -0.39 is 6.10 Å². The third-order valence-electron chi connectivity index (χ3n) is 3.22. The molecule has 1 atom stereocenters. The Balaban J connectivity index is 1.92.